The zero-order chi connectivity index (χ0) is 31.8. The van der Waals surface area contributed by atoms with Gasteiger partial charge in [-0.1, -0.05) is 65.8 Å². The van der Waals surface area contributed by atoms with E-state index in [1.165, 1.54) is 43.4 Å². The molecule has 0 saturated carbocycles. The van der Waals surface area contributed by atoms with Crippen molar-refractivity contribution in [1.82, 2.24) is 18.7 Å². The Hall–Kier alpha value is -5.36. The Morgan fingerprint density at radius 2 is 0.652 bits per heavy atom. The van der Waals surface area contributed by atoms with Gasteiger partial charge in [0, 0.05) is 60.3 Å². The molecule has 0 fully saturated rings. The van der Waals surface area contributed by atoms with Gasteiger partial charge in [0.25, 0.3) is 0 Å². The molecule has 4 heterocycles. The summed E-state index contributed by atoms with van der Waals surface area (Å²) in [6.45, 7) is 13.9. The minimum atomic E-state index is -0.0892. The van der Waals surface area contributed by atoms with Crippen molar-refractivity contribution >= 4 is 43.7 Å². The van der Waals surface area contributed by atoms with E-state index in [0.29, 0.717) is 0 Å². The number of nitrogens with zero attached hydrogens (tertiary/aromatic N) is 6. The van der Waals surface area contributed by atoms with E-state index < -0.39 is 0 Å². The Kier molecular flexibility index (Phi) is 6.16. The molecule has 0 unspecified atom stereocenters. The zero-order valence-corrected chi connectivity index (χ0v) is 27.4. The van der Waals surface area contributed by atoms with Crippen LogP contribution in [-0.4, -0.2) is 18.7 Å². The fourth-order valence-corrected chi connectivity index (χ4v) is 7.07. The topological polar surface area (TPSA) is 26.2 Å². The zero-order valence-electron chi connectivity index (χ0n) is 27.4. The molecule has 0 radical (unpaired) electrons. The highest BCUT2D eigenvalue weighted by Crippen LogP contribution is 2.48. The molecule has 0 bridgehead atoms. The monoisotopic (exact) mass is 604 g/mol. The molecule has 0 aliphatic carbocycles. The average molecular weight is 605 g/mol. The number of aromatic nitrogens is 4. The molecule has 4 aromatic heterocycles. The van der Waals surface area contributed by atoms with Crippen molar-refractivity contribution in [2.24, 2.45) is 0 Å². The molecule has 0 saturated heterocycles. The van der Waals surface area contributed by atoms with Gasteiger partial charge in [-0.3, -0.25) is 0 Å². The highest BCUT2D eigenvalue weighted by Gasteiger charge is 2.29. The lowest BCUT2D eigenvalue weighted by Gasteiger charge is -2.34. The lowest BCUT2D eigenvalue weighted by atomic mass is 9.77. The van der Waals surface area contributed by atoms with Crippen molar-refractivity contribution < 1.29 is 0 Å². The van der Waals surface area contributed by atoms with E-state index in [1.807, 2.05) is 0 Å². The third-order valence-corrected chi connectivity index (χ3v) is 9.13. The summed E-state index contributed by atoms with van der Waals surface area (Å²) in [7, 11) is 0. The van der Waals surface area contributed by atoms with E-state index in [4.69, 9.17) is 0 Å². The summed E-state index contributed by atoms with van der Waals surface area (Å²) in [6, 6.07) is 30.8. The van der Waals surface area contributed by atoms with Crippen LogP contribution in [0.15, 0.2) is 135 Å². The molecular weight excluding hydrogens is 564 g/mol. The summed E-state index contributed by atoms with van der Waals surface area (Å²) in [6.07, 6.45) is 16.9. The maximum absolute atomic E-state index is 2.40. The molecule has 4 aromatic carbocycles. The predicted octanol–water partition coefficient (Wildman–Crippen LogP) is 9.85. The van der Waals surface area contributed by atoms with Gasteiger partial charge >= 0.3 is 0 Å². The van der Waals surface area contributed by atoms with Crippen LogP contribution in [-0.2, 0) is 10.8 Å². The molecule has 230 valence electrons. The van der Waals surface area contributed by atoms with Gasteiger partial charge in [-0.15, -0.1) is 0 Å². The Balaban J connectivity index is 1.56. The van der Waals surface area contributed by atoms with E-state index >= 15 is 0 Å². The summed E-state index contributed by atoms with van der Waals surface area (Å²) in [5.41, 5.74) is 4.74. The van der Waals surface area contributed by atoms with Crippen LogP contribution >= 0.6 is 0 Å². The molecular formula is C40H40N6. The molecule has 8 aromatic rings. The fourth-order valence-electron chi connectivity index (χ4n) is 7.07. The van der Waals surface area contributed by atoms with Gasteiger partial charge in [-0.2, -0.15) is 10.2 Å². The van der Waals surface area contributed by atoms with Crippen LogP contribution < -0.4 is 10.2 Å². The standard InChI is InChI=1S/C40H40N6/c1-39(2,3)33-27-35(45(41-19-7-8-20-41)42-21-9-10-22-42)31-18-16-30-34(40(4,5)6)28-36(32-17-15-29(33)37(31)38(30)32)46(43-23-11-12-24-43)44-25-13-14-26-44/h7-28H,1-6H3. The minimum Gasteiger partial charge on any atom is -0.249 e. The number of hydrogen-bond acceptors (Lipinski definition) is 2. The largest absolute Gasteiger partial charge is 0.249 e. The number of anilines is 2. The van der Waals surface area contributed by atoms with E-state index in [1.54, 1.807) is 0 Å². The lowest BCUT2D eigenvalue weighted by Crippen LogP contribution is -2.33. The molecule has 0 aliphatic rings. The maximum Gasteiger partial charge on any atom is 0.0905 e. The van der Waals surface area contributed by atoms with Crippen molar-refractivity contribution in [3.8, 4) is 0 Å². The SMILES string of the molecule is CC(C)(C)c1cc(N(n2cccc2)n2cccc2)c2ccc3c(C(C)(C)C)cc(N(n4cccc4)n4cccc4)c4ccc1c2c43. The molecule has 0 amide bonds. The van der Waals surface area contributed by atoms with Crippen LogP contribution in [0.5, 0.6) is 0 Å². The second-order valence-electron chi connectivity index (χ2n) is 14.3. The summed E-state index contributed by atoms with van der Waals surface area (Å²) in [5.74, 6) is 0. The van der Waals surface area contributed by atoms with Crippen LogP contribution in [0.3, 0.4) is 0 Å². The highest BCUT2D eigenvalue weighted by atomic mass is 15.8. The second kappa shape index (κ2) is 10.1. The number of rotatable bonds is 6. The van der Waals surface area contributed by atoms with Gasteiger partial charge in [-0.05, 0) is 104 Å². The average Bonchev–Trinajstić information content (AvgIpc) is 3.85. The van der Waals surface area contributed by atoms with Crippen molar-refractivity contribution in [3.63, 3.8) is 0 Å². The predicted molar refractivity (Wildman–Crippen MR) is 192 cm³/mol. The summed E-state index contributed by atoms with van der Waals surface area (Å²) in [4.78, 5) is 0. The van der Waals surface area contributed by atoms with Crippen LogP contribution in [0.2, 0.25) is 0 Å². The molecule has 0 spiro atoms. The lowest BCUT2D eigenvalue weighted by molar-refractivity contribution is 0.588. The van der Waals surface area contributed by atoms with Gasteiger partial charge in [0.1, 0.15) is 0 Å². The number of benzene rings is 4. The second-order valence-corrected chi connectivity index (χ2v) is 14.3. The molecule has 6 heteroatoms. The van der Waals surface area contributed by atoms with E-state index in [9.17, 15) is 0 Å². The third kappa shape index (κ3) is 4.31. The Morgan fingerprint density at radius 3 is 0.913 bits per heavy atom. The number of hydrogen-bond donors (Lipinski definition) is 0. The van der Waals surface area contributed by atoms with Gasteiger partial charge in [0.15, 0.2) is 0 Å². The molecule has 6 nitrogen and oxygen atoms in total. The smallest absolute Gasteiger partial charge is 0.0905 e. The molecule has 0 atom stereocenters. The Labute approximate surface area is 270 Å². The van der Waals surface area contributed by atoms with Crippen molar-refractivity contribution in [2.45, 2.75) is 52.4 Å². The fraction of sp³-hybridized carbons (Fsp3) is 0.200. The van der Waals surface area contributed by atoms with Gasteiger partial charge < -0.3 is 0 Å². The van der Waals surface area contributed by atoms with Crippen LogP contribution in [0.25, 0.3) is 32.3 Å². The van der Waals surface area contributed by atoms with E-state index in [2.05, 4.69) is 205 Å². The molecule has 8 rings (SSSR count). The van der Waals surface area contributed by atoms with Crippen molar-refractivity contribution in [3.05, 3.63) is 146 Å². The van der Waals surface area contributed by atoms with Gasteiger partial charge in [0.05, 0.1) is 11.4 Å². The van der Waals surface area contributed by atoms with E-state index in [0.717, 1.165) is 11.4 Å². The summed E-state index contributed by atoms with van der Waals surface area (Å²) >= 11 is 0. The van der Waals surface area contributed by atoms with Gasteiger partial charge in [0.2, 0.25) is 0 Å². The first-order valence-electron chi connectivity index (χ1n) is 16.0. The van der Waals surface area contributed by atoms with Gasteiger partial charge in [-0.25, -0.2) is 18.7 Å². The summed E-state index contributed by atoms with van der Waals surface area (Å²) in [5, 5.41) is 12.2. The molecule has 46 heavy (non-hydrogen) atoms. The van der Waals surface area contributed by atoms with Crippen molar-refractivity contribution in [2.75, 3.05) is 10.2 Å². The Morgan fingerprint density at radius 1 is 0.391 bits per heavy atom. The first kappa shape index (κ1) is 28.1. The van der Waals surface area contributed by atoms with Crippen molar-refractivity contribution in [1.29, 1.82) is 0 Å². The highest BCUT2D eigenvalue weighted by molar-refractivity contribution is 6.28. The summed E-state index contributed by atoms with van der Waals surface area (Å²) < 4.78 is 8.63. The normalized spacial score (nSPS) is 12.6. The first-order valence-corrected chi connectivity index (χ1v) is 16.0. The molecule has 0 aliphatic heterocycles. The Bertz CT molecular complexity index is 2020. The first-order chi connectivity index (χ1) is 22.1. The maximum atomic E-state index is 2.40. The quantitative estimate of drug-likeness (QED) is 0.177. The van der Waals surface area contributed by atoms with Crippen LogP contribution in [0.1, 0.15) is 52.7 Å². The van der Waals surface area contributed by atoms with Crippen LogP contribution in [0, 0.1) is 0 Å². The molecule has 0 N–H and O–H groups in total. The van der Waals surface area contributed by atoms with E-state index in [-0.39, 0.29) is 10.8 Å². The third-order valence-electron chi connectivity index (χ3n) is 9.13. The van der Waals surface area contributed by atoms with Crippen LogP contribution in [0.4, 0.5) is 11.4 Å². The minimum absolute atomic E-state index is 0.0892.